The van der Waals surface area contributed by atoms with Crippen LogP contribution in [0.3, 0.4) is 0 Å². The fraction of sp³-hybridized carbons (Fsp3) is 0.100. The van der Waals surface area contributed by atoms with Gasteiger partial charge in [-0.15, -0.1) is 6.58 Å². The fourth-order valence-corrected chi connectivity index (χ4v) is 2.03. The minimum atomic E-state index is -3.71. The van der Waals surface area contributed by atoms with Crippen LogP contribution in [0.15, 0.2) is 35.7 Å². The molecule has 0 aliphatic rings. The molecule has 1 aromatic carbocycles. The summed E-state index contributed by atoms with van der Waals surface area (Å²) >= 11 is 0. The van der Waals surface area contributed by atoms with Gasteiger partial charge in [-0.25, -0.2) is 17.5 Å². The molecule has 6 heteroatoms. The molecule has 16 heavy (non-hydrogen) atoms. The lowest BCUT2D eigenvalue weighted by Gasteiger charge is -2.04. The van der Waals surface area contributed by atoms with E-state index in [1.54, 1.807) is 6.07 Å². The SMILES string of the molecule is C=CCNS(=O)(=O)c1ccc(F)c(C#N)c1. The standard InChI is InChI=1S/C10H9FN2O2S/c1-2-5-13-16(14,15)9-3-4-10(11)8(6-9)7-12/h2-4,6,13H,1,5H2. The van der Waals surface area contributed by atoms with E-state index in [0.717, 1.165) is 18.2 Å². The number of benzene rings is 1. The van der Waals surface area contributed by atoms with Gasteiger partial charge in [-0.1, -0.05) is 6.08 Å². The first-order valence-corrected chi connectivity index (χ1v) is 5.80. The van der Waals surface area contributed by atoms with Gasteiger partial charge in [0.1, 0.15) is 11.9 Å². The van der Waals surface area contributed by atoms with E-state index in [2.05, 4.69) is 11.3 Å². The van der Waals surface area contributed by atoms with E-state index in [0.29, 0.717) is 0 Å². The number of rotatable bonds is 4. The summed E-state index contributed by atoms with van der Waals surface area (Å²) < 4.78 is 38.3. The summed E-state index contributed by atoms with van der Waals surface area (Å²) in [6.07, 6.45) is 1.38. The number of hydrogen-bond donors (Lipinski definition) is 1. The molecular formula is C10H9FN2O2S. The molecule has 0 bridgehead atoms. The molecule has 0 spiro atoms. The summed E-state index contributed by atoms with van der Waals surface area (Å²) in [7, 11) is -3.71. The normalized spacial score (nSPS) is 10.8. The number of sulfonamides is 1. The quantitative estimate of drug-likeness (QED) is 0.803. The zero-order chi connectivity index (χ0) is 12.2. The third kappa shape index (κ3) is 2.66. The molecule has 0 saturated carbocycles. The summed E-state index contributed by atoms with van der Waals surface area (Å²) in [4.78, 5) is -0.146. The molecule has 0 unspecified atom stereocenters. The Labute approximate surface area is 93.1 Å². The van der Waals surface area contributed by atoms with Crippen molar-refractivity contribution in [1.82, 2.24) is 4.72 Å². The monoisotopic (exact) mass is 240 g/mol. The zero-order valence-corrected chi connectivity index (χ0v) is 9.09. The molecule has 0 aliphatic carbocycles. The number of nitrogens with zero attached hydrogens (tertiary/aromatic N) is 1. The van der Waals surface area contributed by atoms with Crippen LogP contribution in [0.5, 0.6) is 0 Å². The van der Waals surface area contributed by atoms with Crippen LogP contribution in [0.25, 0.3) is 0 Å². The van der Waals surface area contributed by atoms with Gasteiger partial charge in [-0.05, 0) is 18.2 Å². The van der Waals surface area contributed by atoms with Crippen molar-refractivity contribution in [3.8, 4) is 6.07 Å². The maximum absolute atomic E-state index is 13.0. The van der Waals surface area contributed by atoms with Gasteiger partial charge in [-0.2, -0.15) is 5.26 Å². The average Bonchev–Trinajstić information content (AvgIpc) is 2.27. The van der Waals surface area contributed by atoms with Gasteiger partial charge in [0.2, 0.25) is 10.0 Å². The van der Waals surface area contributed by atoms with E-state index in [9.17, 15) is 12.8 Å². The van der Waals surface area contributed by atoms with Crippen LogP contribution in [0.4, 0.5) is 4.39 Å². The van der Waals surface area contributed by atoms with Crippen LogP contribution in [0.1, 0.15) is 5.56 Å². The predicted octanol–water partition coefficient (Wildman–Crippen LogP) is 1.16. The Kier molecular flexibility index (Phi) is 3.77. The van der Waals surface area contributed by atoms with Crippen LogP contribution in [-0.4, -0.2) is 15.0 Å². The molecule has 0 atom stereocenters. The van der Waals surface area contributed by atoms with Gasteiger partial charge in [0.05, 0.1) is 10.5 Å². The van der Waals surface area contributed by atoms with Crippen LogP contribution in [0, 0.1) is 17.1 Å². The number of nitriles is 1. The van der Waals surface area contributed by atoms with E-state index >= 15 is 0 Å². The van der Waals surface area contributed by atoms with Crippen LogP contribution < -0.4 is 4.72 Å². The van der Waals surface area contributed by atoms with Crippen LogP contribution in [0.2, 0.25) is 0 Å². The highest BCUT2D eigenvalue weighted by molar-refractivity contribution is 7.89. The number of nitrogens with one attached hydrogen (secondary N) is 1. The topological polar surface area (TPSA) is 70.0 Å². The second kappa shape index (κ2) is 4.88. The highest BCUT2D eigenvalue weighted by atomic mass is 32.2. The van der Waals surface area contributed by atoms with E-state index < -0.39 is 15.8 Å². The van der Waals surface area contributed by atoms with Crippen molar-refractivity contribution in [2.45, 2.75) is 4.90 Å². The van der Waals surface area contributed by atoms with E-state index in [1.807, 2.05) is 0 Å². The van der Waals surface area contributed by atoms with Gasteiger partial charge in [0.15, 0.2) is 0 Å². The predicted molar refractivity (Wildman–Crippen MR) is 56.5 cm³/mol. The molecule has 1 rings (SSSR count). The van der Waals surface area contributed by atoms with E-state index in [4.69, 9.17) is 5.26 Å². The van der Waals surface area contributed by atoms with Crippen LogP contribution >= 0.6 is 0 Å². The Morgan fingerprint density at radius 3 is 2.81 bits per heavy atom. The first kappa shape index (κ1) is 12.4. The summed E-state index contributed by atoms with van der Waals surface area (Å²) in [5.41, 5.74) is -0.304. The van der Waals surface area contributed by atoms with Gasteiger partial charge in [0.25, 0.3) is 0 Å². The summed E-state index contributed by atoms with van der Waals surface area (Å²) in [6.45, 7) is 3.44. The Balaban J connectivity index is 3.15. The molecule has 0 fully saturated rings. The average molecular weight is 240 g/mol. The van der Waals surface area contributed by atoms with Gasteiger partial charge >= 0.3 is 0 Å². The molecule has 0 amide bonds. The van der Waals surface area contributed by atoms with Crippen molar-refractivity contribution in [2.24, 2.45) is 0 Å². The second-order valence-electron chi connectivity index (χ2n) is 2.89. The minimum absolute atomic E-state index is 0.0710. The summed E-state index contributed by atoms with van der Waals surface area (Å²) in [6, 6.07) is 4.61. The Morgan fingerprint density at radius 2 is 2.25 bits per heavy atom. The molecule has 84 valence electrons. The molecule has 0 radical (unpaired) electrons. The van der Waals surface area contributed by atoms with Crippen molar-refractivity contribution in [1.29, 1.82) is 5.26 Å². The lowest BCUT2D eigenvalue weighted by molar-refractivity contribution is 0.584. The summed E-state index contributed by atoms with van der Waals surface area (Å²) in [5, 5.41) is 8.56. The highest BCUT2D eigenvalue weighted by Gasteiger charge is 2.14. The molecule has 1 N–H and O–H groups in total. The molecule has 4 nitrogen and oxygen atoms in total. The van der Waals surface area contributed by atoms with Crippen molar-refractivity contribution in [3.63, 3.8) is 0 Å². The van der Waals surface area contributed by atoms with Crippen molar-refractivity contribution in [3.05, 3.63) is 42.2 Å². The third-order valence-corrected chi connectivity index (χ3v) is 3.21. The largest absolute Gasteiger partial charge is 0.240 e. The van der Waals surface area contributed by atoms with Crippen molar-refractivity contribution in [2.75, 3.05) is 6.54 Å². The fourth-order valence-electron chi connectivity index (χ4n) is 1.01. The lowest BCUT2D eigenvalue weighted by Crippen LogP contribution is -2.23. The first-order chi connectivity index (χ1) is 7.51. The Hall–Kier alpha value is -1.71. The zero-order valence-electron chi connectivity index (χ0n) is 8.27. The van der Waals surface area contributed by atoms with Crippen LogP contribution in [-0.2, 0) is 10.0 Å². The third-order valence-electron chi connectivity index (χ3n) is 1.79. The molecule has 0 aromatic heterocycles. The number of halogens is 1. The highest BCUT2D eigenvalue weighted by Crippen LogP contribution is 2.13. The number of hydrogen-bond acceptors (Lipinski definition) is 3. The molecule has 0 aliphatic heterocycles. The second-order valence-corrected chi connectivity index (χ2v) is 4.66. The van der Waals surface area contributed by atoms with E-state index in [-0.39, 0.29) is 17.0 Å². The maximum atomic E-state index is 13.0. The Morgan fingerprint density at radius 1 is 1.56 bits per heavy atom. The summed E-state index contributed by atoms with van der Waals surface area (Å²) in [5.74, 6) is -0.745. The van der Waals surface area contributed by atoms with Gasteiger partial charge < -0.3 is 0 Å². The molecule has 1 aromatic rings. The van der Waals surface area contributed by atoms with Gasteiger partial charge in [-0.3, -0.25) is 0 Å². The van der Waals surface area contributed by atoms with Crippen molar-refractivity contribution < 1.29 is 12.8 Å². The maximum Gasteiger partial charge on any atom is 0.240 e. The first-order valence-electron chi connectivity index (χ1n) is 4.31. The Bertz CT molecular complexity index is 546. The molecule has 0 heterocycles. The smallest absolute Gasteiger partial charge is 0.207 e. The molecular weight excluding hydrogens is 231 g/mol. The van der Waals surface area contributed by atoms with Crippen molar-refractivity contribution >= 4 is 10.0 Å². The van der Waals surface area contributed by atoms with E-state index in [1.165, 1.54) is 6.08 Å². The van der Waals surface area contributed by atoms with Gasteiger partial charge in [0, 0.05) is 6.54 Å². The lowest BCUT2D eigenvalue weighted by atomic mass is 10.2. The molecule has 0 saturated heterocycles. The minimum Gasteiger partial charge on any atom is -0.207 e.